The molecule has 0 spiro atoms. The predicted molar refractivity (Wildman–Crippen MR) is 89.3 cm³/mol. The van der Waals surface area contributed by atoms with Crippen molar-refractivity contribution in [1.82, 2.24) is 5.32 Å². The van der Waals surface area contributed by atoms with Gasteiger partial charge in [-0.25, -0.2) is 0 Å². The van der Waals surface area contributed by atoms with Gasteiger partial charge in [0.15, 0.2) is 0 Å². The molecular formula is C17H18N2OS. The average molecular weight is 298 g/mol. The third kappa shape index (κ3) is 4.68. The third-order valence-corrected chi connectivity index (χ3v) is 3.29. The summed E-state index contributed by atoms with van der Waals surface area (Å²) in [5.74, 6) is -0.0969. The van der Waals surface area contributed by atoms with Crippen LogP contribution in [0.15, 0.2) is 48.5 Å². The lowest BCUT2D eigenvalue weighted by molar-refractivity contribution is 0.0951. The average Bonchev–Trinajstić information content (AvgIpc) is 2.46. The van der Waals surface area contributed by atoms with Crippen molar-refractivity contribution in [3.8, 4) is 0 Å². The van der Waals surface area contributed by atoms with Gasteiger partial charge < -0.3 is 11.1 Å². The van der Waals surface area contributed by atoms with E-state index in [9.17, 15) is 4.79 Å². The number of hydrogen-bond acceptors (Lipinski definition) is 2. The molecule has 0 aliphatic carbocycles. The Bertz CT molecular complexity index is 650. The van der Waals surface area contributed by atoms with Gasteiger partial charge in [0.05, 0.1) is 4.99 Å². The Morgan fingerprint density at radius 1 is 1.14 bits per heavy atom. The lowest BCUT2D eigenvalue weighted by Gasteiger charge is -2.07. The Morgan fingerprint density at radius 2 is 1.86 bits per heavy atom. The summed E-state index contributed by atoms with van der Waals surface area (Å²) < 4.78 is 0. The first-order valence-corrected chi connectivity index (χ1v) is 7.16. The van der Waals surface area contributed by atoms with Crippen molar-refractivity contribution in [2.45, 2.75) is 19.9 Å². The smallest absolute Gasteiger partial charge is 0.251 e. The second-order valence-corrected chi connectivity index (χ2v) is 5.54. The summed E-state index contributed by atoms with van der Waals surface area (Å²) in [6.45, 7) is 2.55. The van der Waals surface area contributed by atoms with E-state index in [2.05, 4.69) is 5.32 Å². The Balaban J connectivity index is 1.99. The third-order valence-electron chi connectivity index (χ3n) is 3.14. The van der Waals surface area contributed by atoms with Crippen LogP contribution in [0.1, 0.15) is 27.0 Å². The van der Waals surface area contributed by atoms with E-state index in [1.807, 2.05) is 49.4 Å². The topological polar surface area (TPSA) is 55.1 Å². The molecule has 0 fully saturated rings. The van der Waals surface area contributed by atoms with Crippen molar-refractivity contribution in [3.05, 3.63) is 70.8 Å². The van der Waals surface area contributed by atoms with Gasteiger partial charge in [0.1, 0.15) is 0 Å². The van der Waals surface area contributed by atoms with Gasteiger partial charge in [-0.3, -0.25) is 4.79 Å². The molecule has 0 radical (unpaired) electrons. The molecule has 4 heteroatoms. The van der Waals surface area contributed by atoms with Gasteiger partial charge in [0.25, 0.3) is 5.91 Å². The maximum absolute atomic E-state index is 12.1. The number of nitrogens with two attached hydrogens (primary N) is 1. The molecule has 0 saturated carbocycles. The molecule has 0 bridgehead atoms. The Kier molecular flexibility index (Phi) is 5.06. The standard InChI is InChI=1S/C17H18N2OS/c1-12-5-7-13(8-6-12)11-19-17(20)15-4-2-3-14(9-15)10-16(18)21/h2-9H,10-11H2,1H3,(H2,18,21)(H,19,20). The zero-order chi connectivity index (χ0) is 15.2. The van der Waals surface area contributed by atoms with Crippen LogP contribution in [-0.2, 0) is 13.0 Å². The van der Waals surface area contributed by atoms with E-state index >= 15 is 0 Å². The van der Waals surface area contributed by atoms with Crippen LogP contribution in [0.3, 0.4) is 0 Å². The van der Waals surface area contributed by atoms with Crippen molar-refractivity contribution in [2.24, 2.45) is 5.73 Å². The van der Waals surface area contributed by atoms with E-state index in [1.54, 1.807) is 6.07 Å². The number of rotatable bonds is 5. The molecular weight excluding hydrogens is 280 g/mol. The van der Waals surface area contributed by atoms with Crippen LogP contribution in [0, 0.1) is 6.92 Å². The minimum Gasteiger partial charge on any atom is -0.393 e. The van der Waals surface area contributed by atoms with Gasteiger partial charge in [-0.2, -0.15) is 0 Å². The van der Waals surface area contributed by atoms with Crippen molar-refractivity contribution < 1.29 is 4.79 Å². The Morgan fingerprint density at radius 3 is 2.52 bits per heavy atom. The number of nitrogens with one attached hydrogen (secondary N) is 1. The predicted octanol–water partition coefficient (Wildman–Crippen LogP) is 2.75. The molecule has 21 heavy (non-hydrogen) atoms. The highest BCUT2D eigenvalue weighted by atomic mass is 32.1. The summed E-state index contributed by atoms with van der Waals surface area (Å²) in [4.78, 5) is 12.6. The molecule has 2 aromatic carbocycles. The molecule has 3 nitrogen and oxygen atoms in total. The van der Waals surface area contributed by atoms with Crippen molar-refractivity contribution in [2.75, 3.05) is 0 Å². The van der Waals surface area contributed by atoms with Gasteiger partial charge in [-0.05, 0) is 30.2 Å². The van der Waals surface area contributed by atoms with Crippen molar-refractivity contribution >= 4 is 23.1 Å². The van der Waals surface area contributed by atoms with Gasteiger partial charge in [-0.15, -0.1) is 0 Å². The van der Waals surface area contributed by atoms with E-state index < -0.39 is 0 Å². The minimum atomic E-state index is -0.0969. The SMILES string of the molecule is Cc1ccc(CNC(=O)c2cccc(CC(N)=S)c2)cc1. The van der Waals surface area contributed by atoms with Crippen LogP contribution in [0.4, 0.5) is 0 Å². The lowest BCUT2D eigenvalue weighted by atomic mass is 10.1. The number of carbonyl (C=O) groups excluding carboxylic acids is 1. The molecule has 1 amide bonds. The van der Waals surface area contributed by atoms with Crippen LogP contribution < -0.4 is 11.1 Å². The summed E-state index contributed by atoms with van der Waals surface area (Å²) in [7, 11) is 0. The summed E-state index contributed by atoms with van der Waals surface area (Å²) in [5.41, 5.74) is 9.38. The first-order chi connectivity index (χ1) is 10.0. The number of carbonyl (C=O) groups is 1. The molecule has 2 aromatic rings. The Hall–Kier alpha value is -2.20. The summed E-state index contributed by atoms with van der Waals surface area (Å²) in [6.07, 6.45) is 0.508. The number of thiocarbonyl (C=S) groups is 1. The molecule has 0 aliphatic rings. The highest BCUT2D eigenvalue weighted by Crippen LogP contribution is 2.07. The van der Waals surface area contributed by atoms with E-state index in [-0.39, 0.29) is 5.91 Å². The molecule has 0 heterocycles. The van der Waals surface area contributed by atoms with Crippen LogP contribution in [0.25, 0.3) is 0 Å². The van der Waals surface area contributed by atoms with E-state index in [0.29, 0.717) is 23.5 Å². The zero-order valence-corrected chi connectivity index (χ0v) is 12.7. The van der Waals surface area contributed by atoms with Gasteiger partial charge >= 0.3 is 0 Å². The molecule has 0 aromatic heterocycles. The van der Waals surface area contributed by atoms with Crippen molar-refractivity contribution in [3.63, 3.8) is 0 Å². The molecule has 0 aliphatic heterocycles. The minimum absolute atomic E-state index is 0.0969. The summed E-state index contributed by atoms with van der Waals surface area (Å²) >= 11 is 4.89. The number of amides is 1. The molecule has 0 saturated heterocycles. The maximum Gasteiger partial charge on any atom is 0.251 e. The fourth-order valence-electron chi connectivity index (χ4n) is 2.01. The number of benzene rings is 2. The van der Waals surface area contributed by atoms with Crippen LogP contribution in [0.2, 0.25) is 0 Å². The van der Waals surface area contributed by atoms with E-state index in [1.165, 1.54) is 5.56 Å². The van der Waals surface area contributed by atoms with Crippen LogP contribution in [-0.4, -0.2) is 10.9 Å². The monoisotopic (exact) mass is 298 g/mol. The molecule has 2 rings (SSSR count). The largest absolute Gasteiger partial charge is 0.393 e. The van der Waals surface area contributed by atoms with E-state index in [0.717, 1.165) is 11.1 Å². The highest BCUT2D eigenvalue weighted by Gasteiger charge is 2.06. The van der Waals surface area contributed by atoms with Crippen LogP contribution >= 0.6 is 12.2 Å². The first kappa shape index (κ1) is 15.2. The second kappa shape index (κ2) is 6.99. The molecule has 0 atom stereocenters. The fourth-order valence-corrected chi connectivity index (χ4v) is 2.18. The van der Waals surface area contributed by atoms with Crippen molar-refractivity contribution in [1.29, 1.82) is 0 Å². The lowest BCUT2D eigenvalue weighted by Crippen LogP contribution is -2.23. The zero-order valence-electron chi connectivity index (χ0n) is 11.9. The summed E-state index contributed by atoms with van der Waals surface area (Å²) in [5, 5.41) is 2.91. The number of aryl methyl sites for hydroxylation is 1. The van der Waals surface area contributed by atoms with E-state index in [4.69, 9.17) is 18.0 Å². The quantitative estimate of drug-likeness (QED) is 0.835. The molecule has 108 valence electrons. The van der Waals surface area contributed by atoms with Gasteiger partial charge in [-0.1, -0.05) is 54.2 Å². The normalized spacial score (nSPS) is 10.1. The second-order valence-electron chi connectivity index (χ2n) is 5.01. The molecule has 0 unspecified atom stereocenters. The van der Waals surface area contributed by atoms with Gasteiger partial charge in [0, 0.05) is 18.5 Å². The number of hydrogen-bond donors (Lipinski definition) is 2. The Labute approximate surface area is 130 Å². The first-order valence-electron chi connectivity index (χ1n) is 6.75. The maximum atomic E-state index is 12.1. The molecule has 3 N–H and O–H groups in total. The fraction of sp³-hybridized carbons (Fsp3) is 0.176. The summed E-state index contributed by atoms with van der Waals surface area (Å²) in [6, 6.07) is 15.5. The van der Waals surface area contributed by atoms with Gasteiger partial charge in [0.2, 0.25) is 0 Å². The van der Waals surface area contributed by atoms with Crippen LogP contribution in [0.5, 0.6) is 0 Å². The highest BCUT2D eigenvalue weighted by molar-refractivity contribution is 7.80.